The molecule has 142 valence electrons. The maximum Gasteiger partial charge on any atom is 0.265 e. The number of nitrogens with zero attached hydrogens (tertiary/aromatic N) is 4. The van der Waals surface area contributed by atoms with Crippen LogP contribution < -0.4 is 10.9 Å². The van der Waals surface area contributed by atoms with E-state index in [0.717, 1.165) is 19.4 Å². The average molecular weight is 396 g/mol. The lowest BCUT2D eigenvalue weighted by Crippen LogP contribution is -2.25. The molecular formula is C20H18ClN5O2. The van der Waals surface area contributed by atoms with Gasteiger partial charge in [0.25, 0.3) is 11.5 Å². The first kappa shape index (κ1) is 18.2. The van der Waals surface area contributed by atoms with E-state index >= 15 is 0 Å². The first-order valence-electron chi connectivity index (χ1n) is 8.97. The van der Waals surface area contributed by atoms with E-state index < -0.39 is 0 Å². The normalized spacial score (nSPS) is 11.2. The molecule has 4 rings (SSSR count). The summed E-state index contributed by atoms with van der Waals surface area (Å²) in [4.78, 5) is 33.6. The zero-order chi connectivity index (χ0) is 19.5. The second-order valence-electron chi connectivity index (χ2n) is 6.49. The number of aromatic nitrogens is 4. The summed E-state index contributed by atoms with van der Waals surface area (Å²) in [6.07, 6.45) is 8.75. The van der Waals surface area contributed by atoms with E-state index in [0.29, 0.717) is 33.7 Å². The van der Waals surface area contributed by atoms with Crippen molar-refractivity contribution in [1.82, 2.24) is 24.3 Å². The number of imidazole rings is 1. The van der Waals surface area contributed by atoms with Gasteiger partial charge in [-0.3, -0.25) is 14.0 Å². The molecule has 1 N–H and O–H groups in total. The fourth-order valence-corrected chi connectivity index (χ4v) is 3.22. The SMILES string of the molecule is O=C(NCCCCn1ccnc1)c1ccc2nc3ccc(Cl)cn3c(=O)c2c1. The van der Waals surface area contributed by atoms with Crippen LogP contribution in [0.2, 0.25) is 5.02 Å². The van der Waals surface area contributed by atoms with Crippen LogP contribution in [-0.4, -0.2) is 31.4 Å². The van der Waals surface area contributed by atoms with Crippen LogP contribution in [0.3, 0.4) is 0 Å². The third-order valence-electron chi connectivity index (χ3n) is 4.52. The number of amides is 1. The van der Waals surface area contributed by atoms with Crippen LogP contribution in [-0.2, 0) is 6.54 Å². The summed E-state index contributed by atoms with van der Waals surface area (Å²) in [6.45, 7) is 1.43. The monoisotopic (exact) mass is 395 g/mol. The number of pyridine rings is 1. The Labute approximate surface area is 165 Å². The van der Waals surface area contributed by atoms with Crippen LogP contribution in [0.25, 0.3) is 16.6 Å². The third kappa shape index (κ3) is 3.75. The topological polar surface area (TPSA) is 81.3 Å². The van der Waals surface area contributed by atoms with Gasteiger partial charge in [0.05, 0.1) is 22.3 Å². The molecule has 28 heavy (non-hydrogen) atoms. The number of carbonyl (C=O) groups excluding carboxylic acids is 1. The number of nitrogens with one attached hydrogen (secondary N) is 1. The van der Waals surface area contributed by atoms with Gasteiger partial charge in [0.1, 0.15) is 5.65 Å². The highest BCUT2D eigenvalue weighted by Gasteiger charge is 2.10. The number of aryl methyl sites for hydroxylation is 1. The first-order chi connectivity index (χ1) is 13.6. The van der Waals surface area contributed by atoms with E-state index in [1.54, 1.807) is 42.9 Å². The Morgan fingerprint density at radius 3 is 2.89 bits per heavy atom. The van der Waals surface area contributed by atoms with Crippen molar-refractivity contribution in [2.75, 3.05) is 6.54 Å². The molecular weight excluding hydrogens is 378 g/mol. The molecule has 4 aromatic rings. The highest BCUT2D eigenvalue weighted by atomic mass is 35.5. The number of rotatable bonds is 6. The van der Waals surface area contributed by atoms with Crippen LogP contribution in [0.5, 0.6) is 0 Å². The van der Waals surface area contributed by atoms with E-state index in [1.807, 2.05) is 10.8 Å². The molecule has 1 aromatic carbocycles. The van der Waals surface area contributed by atoms with Gasteiger partial charge in [-0.15, -0.1) is 0 Å². The van der Waals surface area contributed by atoms with Crippen molar-refractivity contribution in [2.24, 2.45) is 0 Å². The second kappa shape index (κ2) is 7.82. The maximum atomic E-state index is 12.8. The molecule has 0 spiro atoms. The molecule has 0 unspecified atom stereocenters. The van der Waals surface area contributed by atoms with E-state index in [4.69, 9.17) is 11.6 Å². The summed E-state index contributed by atoms with van der Waals surface area (Å²) in [5, 5.41) is 3.72. The van der Waals surface area contributed by atoms with Crippen LogP contribution >= 0.6 is 11.6 Å². The third-order valence-corrected chi connectivity index (χ3v) is 4.75. The highest BCUT2D eigenvalue weighted by molar-refractivity contribution is 6.30. The molecule has 0 aliphatic carbocycles. The zero-order valence-corrected chi connectivity index (χ0v) is 15.8. The molecule has 0 aliphatic rings. The Morgan fingerprint density at radius 2 is 2.07 bits per heavy atom. The fourth-order valence-electron chi connectivity index (χ4n) is 3.06. The number of carbonyl (C=O) groups is 1. The minimum Gasteiger partial charge on any atom is -0.352 e. The molecule has 0 atom stereocenters. The van der Waals surface area contributed by atoms with Gasteiger partial charge in [0.2, 0.25) is 0 Å². The van der Waals surface area contributed by atoms with Crippen LogP contribution in [0.15, 0.2) is 60.0 Å². The van der Waals surface area contributed by atoms with Crippen molar-refractivity contribution in [2.45, 2.75) is 19.4 Å². The lowest BCUT2D eigenvalue weighted by atomic mass is 10.1. The Balaban J connectivity index is 1.47. The molecule has 0 saturated carbocycles. The summed E-state index contributed by atoms with van der Waals surface area (Å²) in [6, 6.07) is 8.33. The van der Waals surface area contributed by atoms with Gasteiger partial charge in [-0.2, -0.15) is 0 Å². The number of hydrogen-bond donors (Lipinski definition) is 1. The van der Waals surface area contributed by atoms with Gasteiger partial charge >= 0.3 is 0 Å². The lowest BCUT2D eigenvalue weighted by molar-refractivity contribution is 0.0953. The van der Waals surface area contributed by atoms with Crippen LogP contribution in [0, 0.1) is 0 Å². The van der Waals surface area contributed by atoms with Gasteiger partial charge in [-0.05, 0) is 43.2 Å². The Bertz CT molecular complexity index is 1200. The first-order valence-corrected chi connectivity index (χ1v) is 9.35. The van der Waals surface area contributed by atoms with E-state index in [2.05, 4.69) is 15.3 Å². The molecule has 3 heterocycles. The summed E-state index contributed by atoms with van der Waals surface area (Å²) in [5.74, 6) is -0.208. The molecule has 8 heteroatoms. The Hall–Kier alpha value is -3.19. The fraction of sp³-hybridized carbons (Fsp3) is 0.200. The minimum absolute atomic E-state index is 0.208. The van der Waals surface area contributed by atoms with Crippen molar-refractivity contribution in [3.63, 3.8) is 0 Å². The molecule has 0 fully saturated rings. The van der Waals surface area contributed by atoms with Crippen molar-refractivity contribution in [3.05, 3.63) is 76.2 Å². The number of unbranched alkanes of at least 4 members (excludes halogenated alkanes) is 1. The molecule has 0 saturated heterocycles. The number of fused-ring (bicyclic) bond motifs is 2. The predicted octanol–water partition coefficient (Wildman–Crippen LogP) is 2.91. The summed E-state index contributed by atoms with van der Waals surface area (Å²) < 4.78 is 3.39. The Morgan fingerprint density at radius 1 is 1.18 bits per heavy atom. The van der Waals surface area contributed by atoms with E-state index in [9.17, 15) is 9.59 Å². The summed E-state index contributed by atoms with van der Waals surface area (Å²) in [5.41, 5.74) is 1.24. The molecule has 3 aromatic heterocycles. The standard InChI is InChI=1S/C20H18ClN5O2/c21-15-4-6-18-24-17-5-3-14(11-16(17)20(28)26(18)12-15)19(27)23-7-1-2-9-25-10-8-22-13-25/h3-6,8,10-13H,1-2,7,9H2,(H,23,27). The van der Waals surface area contributed by atoms with Crippen LogP contribution in [0.1, 0.15) is 23.2 Å². The van der Waals surface area contributed by atoms with Crippen molar-refractivity contribution >= 4 is 34.1 Å². The largest absolute Gasteiger partial charge is 0.352 e. The average Bonchev–Trinajstić information content (AvgIpc) is 3.22. The number of benzene rings is 1. The van der Waals surface area contributed by atoms with Gasteiger partial charge in [0.15, 0.2) is 0 Å². The van der Waals surface area contributed by atoms with E-state index in [1.165, 1.54) is 10.6 Å². The van der Waals surface area contributed by atoms with Crippen molar-refractivity contribution < 1.29 is 4.79 Å². The quantitative estimate of drug-likeness (QED) is 0.402. The molecule has 0 aliphatic heterocycles. The van der Waals surface area contributed by atoms with E-state index in [-0.39, 0.29) is 11.5 Å². The lowest BCUT2D eigenvalue weighted by Gasteiger charge is -2.08. The van der Waals surface area contributed by atoms with Gasteiger partial charge < -0.3 is 9.88 Å². The Kier molecular flexibility index (Phi) is 5.08. The number of halogens is 1. The van der Waals surface area contributed by atoms with Gasteiger partial charge in [-0.1, -0.05) is 11.6 Å². The number of hydrogen-bond acceptors (Lipinski definition) is 4. The van der Waals surface area contributed by atoms with Gasteiger partial charge in [-0.25, -0.2) is 9.97 Å². The van der Waals surface area contributed by atoms with Crippen molar-refractivity contribution in [1.29, 1.82) is 0 Å². The molecule has 0 bridgehead atoms. The minimum atomic E-state index is -0.252. The second-order valence-corrected chi connectivity index (χ2v) is 6.92. The zero-order valence-electron chi connectivity index (χ0n) is 15.0. The molecule has 1 amide bonds. The smallest absolute Gasteiger partial charge is 0.265 e. The summed E-state index contributed by atoms with van der Waals surface area (Å²) in [7, 11) is 0. The maximum absolute atomic E-state index is 12.8. The molecule has 0 radical (unpaired) electrons. The predicted molar refractivity (Wildman–Crippen MR) is 108 cm³/mol. The van der Waals surface area contributed by atoms with Crippen LogP contribution in [0.4, 0.5) is 0 Å². The highest BCUT2D eigenvalue weighted by Crippen LogP contribution is 2.14. The van der Waals surface area contributed by atoms with Gasteiger partial charge in [0, 0.05) is 37.2 Å². The summed E-state index contributed by atoms with van der Waals surface area (Å²) >= 11 is 5.98. The molecule has 7 nitrogen and oxygen atoms in total. The van der Waals surface area contributed by atoms with Crippen molar-refractivity contribution in [3.8, 4) is 0 Å².